The first-order valence-electron chi connectivity index (χ1n) is 12.1. The quantitative estimate of drug-likeness (QED) is 0.312. The molecule has 6 rings (SSSR count). The second-order valence-corrected chi connectivity index (χ2v) is 10.4. The molecule has 4 aromatic rings. The zero-order chi connectivity index (χ0) is 23.5. The molecule has 0 saturated carbocycles. The fourth-order valence-corrected chi connectivity index (χ4v) is 5.00. The van der Waals surface area contributed by atoms with Crippen molar-refractivity contribution in [1.29, 1.82) is 0 Å². The van der Waals surface area contributed by atoms with Crippen LogP contribution in [0.3, 0.4) is 0 Å². The molecule has 1 saturated heterocycles. The zero-order valence-corrected chi connectivity index (χ0v) is 20.2. The molecule has 4 heteroatoms. The Labute approximate surface area is 201 Å². The van der Waals surface area contributed by atoms with Gasteiger partial charge in [-0.2, -0.15) is 0 Å². The van der Waals surface area contributed by atoms with Gasteiger partial charge in [-0.05, 0) is 45.1 Å². The number of furan rings is 1. The highest BCUT2D eigenvalue weighted by molar-refractivity contribution is 6.62. The van der Waals surface area contributed by atoms with Gasteiger partial charge in [0.1, 0.15) is 11.2 Å². The standard InChI is InChI=1S/C30H29BO3/c1-29(2)30(3,4)34-31(33-29)22-14-8-13-21(19-22)24-16-10-18-26-25-17-9-15-23(27(25)32-28(24)26)20-11-6-5-7-12-20/h5-11,13-20H,12H2,1-4H3. The van der Waals surface area contributed by atoms with Crippen LogP contribution < -0.4 is 5.46 Å². The maximum absolute atomic E-state index is 6.63. The smallest absolute Gasteiger partial charge is 0.455 e. The fourth-order valence-electron chi connectivity index (χ4n) is 5.00. The first-order chi connectivity index (χ1) is 16.3. The summed E-state index contributed by atoms with van der Waals surface area (Å²) < 4.78 is 19.2. The van der Waals surface area contributed by atoms with E-state index in [9.17, 15) is 0 Å². The maximum Gasteiger partial charge on any atom is 0.494 e. The van der Waals surface area contributed by atoms with Crippen LogP contribution in [0.5, 0.6) is 0 Å². The molecule has 1 unspecified atom stereocenters. The van der Waals surface area contributed by atoms with E-state index in [1.165, 1.54) is 10.9 Å². The van der Waals surface area contributed by atoms with Crippen molar-refractivity contribution in [1.82, 2.24) is 0 Å². The van der Waals surface area contributed by atoms with Crippen molar-refractivity contribution in [2.75, 3.05) is 0 Å². The molecule has 0 amide bonds. The third-order valence-corrected chi connectivity index (χ3v) is 7.66. The number of hydrogen-bond donors (Lipinski definition) is 0. The van der Waals surface area contributed by atoms with E-state index in [1.807, 2.05) is 0 Å². The normalized spacial score (nSPS) is 21.1. The van der Waals surface area contributed by atoms with Gasteiger partial charge in [0, 0.05) is 27.8 Å². The minimum atomic E-state index is -0.391. The minimum Gasteiger partial charge on any atom is -0.455 e. The Kier molecular flexibility index (Phi) is 4.88. The Morgan fingerprint density at radius 2 is 1.50 bits per heavy atom. The Bertz CT molecular complexity index is 1440. The van der Waals surface area contributed by atoms with E-state index in [-0.39, 0.29) is 11.2 Å². The number of para-hydroxylation sites is 2. The average Bonchev–Trinajstić information content (AvgIpc) is 3.33. The number of benzene rings is 3. The molecule has 2 aliphatic rings. The summed E-state index contributed by atoms with van der Waals surface area (Å²) in [7, 11) is -0.391. The van der Waals surface area contributed by atoms with Gasteiger partial charge < -0.3 is 13.7 Å². The summed E-state index contributed by atoms with van der Waals surface area (Å²) in [6.45, 7) is 8.34. The molecule has 0 spiro atoms. The predicted octanol–water partition coefficient (Wildman–Crippen LogP) is 7.15. The largest absolute Gasteiger partial charge is 0.494 e. The van der Waals surface area contributed by atoms with Crippen molar-refractivity contribution in [3.05, 3.63) is 90.5 Å². The molecular weight excluding hydrogens is 419 g/mol. The summed E-state index contributed by atoms with van der Waals surface area (Å²) >= 11 is 0. The summed E-state index contributed by atoms with van der Waals surface area (Å²) in [5, 5.41) is 2.31. The molecule has 0 radical (unpaired) electrons. The lowest BCUT2D eigenvalue weighted by atomic mass is 9.78. The predicted molar refractivity (Wildman–Crippen MR) is 141 cm³/mol. The van der Waals surface area contributed by atoms with Crippen molar-refractivity contribution >= 4 is 34.5 Å². The molecule has 1 aliphatic heterocycles. The second kappa shape index (κ2) is 7.73. The highest BCUT2D eigenvalue weighted by Crippen LogP contribution is 2.40. The highest BCUT2D eigenvalue weighted by Gasteiger charge is 2.51. The lowest BCUT2D eigenvalue weighted by Gasteiger charge is -2.32. The number of fused-ring (bicyclic) bond motifs is 3. The Balaban J connectivity index is 1.46. The molecule has 2 heterocycles. The first-order valence-corrected chi connectivity index (χ1v) is 12.1. The molecular formula is C30H29BO3. The SMILES string of the molecule is CC1(C)OB(c2cccc(-c3cccc4c3oc3c(C5C=CC=CC5)cccc34)c2)OC1(C)C. The summed E-state index contributed by atoms with van der Waals surface area (Å²) in [6, 6.07) is 21.3. The molecule has 34 heavy (non-hydrogen) atoms. The second-order valence-electron chi connectivity index (χ2n) is 10.4. The van der Waals surface area contributed by atoms with Crippen LogP contribution in [0.15, 0.2) is 89.4 Å². The van der Waals surface area contributed by atoms with Gasteiger partial charge in [0.2, 0.25) is 0 Å². The van der Waals surface area contributed by atoms with Crippen molar-refractivity contribution in [2.45, 2.75) is 51.2 Å². The molecule has 0 N–H and O–H groups in total. The third kappa shape index (κ3) is 3.36. The van der Waals surface area contributed by atoms with E-state index in [4.69, 9.17) is 13.7 Å². The van der Waals surface area contributed by atoms with Crippen molar-refractivity contribution < 1.29 is 13.7 Å². The number of hydrogen-bond acceptors (Lipinski definition) is 3. The monoisotopic (exact) mass is 448 g/mol. The topological polar surface area (TPSA) is 31.6 Å². The van der Waals surface area contributed by atoms with E-state index in [0.29, 0.717) is 5.92 Å². The van der Waals surface area contributed by atoms with E-state index in [1.54, 1.807) is 0 Å². The van der Waals surface area contributed by atoms with Gasteiger partial charge in [0.05, 0.1) is 11.2 Å². The molecule has 1 fully saturated rings. The number of rotatable bonds is 3. The van der Waals surface area contributed by atoms with Crippen LogP contribution >= 0.6 is 0 Å². The summed E-state index contributed by atoms with van der Waals surface area (Å²) in [4.78, 5) is 0. The maximum atomic E-state index is 6.63. The summed E-state index contributed by atoms with van der Waals surface area (Å²) in [5.41, 5.74) is 5.60. The molecule has 1 aromatic heterocycles. The van der Waals surface area contributed by atoms with Crippen LogP contribution in [-0.2, 0) is 9.31 Å². The zero-order valence-electron chi connectivity index (χ0n) is 20.2. The van der Waals surface area contributed by atoms with Crippen molar-refractivity contribution in [3.63, 3.8) is 0 Å². The molecule has 1 aliphatic carbocycles. The Morgan fingerprint density at radius 3 is 2.24 bits per heavy atom. The summed E-state index contributed by atoms with van der Waals surface area (Å²) in [5.74, 6) is 0.337. The first kappa shape index (κ1) is 21.5. The molecule has 3 aromatic carbocycles. The lowest BCUT2D eigenvalue weighted by molar-refractivity contribution is 0.00578. The van der Waals surface area contributed by atoms with E-state index in [2.05, 4.69) is 113 Å². The fraction of sp³-hybridized carbons (Fsp3) is 0.267. The van der Waals surface area contributed by atoms with Gasteiger partial charge in [0.25, 0.3) is 0 Å². The van der Waals surface area contributed by atoms with Crippen molar-refractivity contribution in [2.24, 2.45) is 0 Å². The van der Waals surface area contributed by atoms with E-state index in [0.717, 1.165) is 39.6 Å². The minimum absolute atomic E-state index is 0.337. The number of allylic oxidation sites excluding steroid dienone is 4. The van der Waals surface area contributed by atoms with E-state index < -0.39 is 7.12 Å². The van der Waals surface area contributed by atoms with Gasteiger partial charge in [0.15, 0.2) is 0 Å². The Hall–Kier alpha value is -3.08. The van der Waals surface area contributed by atoms with Crippen LogP contribution in [0.1, 0.15) is 45.6 Å². The Morgan fingerprint density at radius 1 is 0.794 bits per heavy atom. The molecule has 3 nitrogen and oxygen atoms in total. The van der Waals surface area contributed by atoms with Crippen molar-refractivity contribution in [3.8, 4) is 11.1 Å². The van der Waals surface area contributed by atoms with Crippen LogP contribution in [0.25, 0.3) is 33.1 Å². The molecule has 170 valence electrons. The average molecular weight is 448 g/mol. The highest BCUT2D eigenvalue weighted by atomic mass is 16.7. The van der Waals surface area contributed by atoms with E-state index >= 15 is 0 Å². The molecule has 0 bridgehead atoms. The van der Waals surface area contributed by atoms with Gasteiger partial charge in [-0.1, -0.05) is 85.0 Å². The molecule has 1 atom stereocenters. The van der Waals surface area contributed by atoms with Crippen LogP contribution in [0.2, 0.25) is 0 Å². The van der Waals surface area contributed by atoms with Gasteiger partial charge in [-0.3, -0.25) is 0 Å². The van der Waals surface area contributed by atoms with Gasteiger partial charge in [-0.25, -0.2) is 0 Å². The van der Waals surface area contributed by atoms with Gasteiger partial charge >= 0.3 is 7.12 Å². The van der Waals surface area contributed by atoms with Crippen LogP contribution in [0.4, 0.5) is 0 Å². The van der Waals surface area contributed by atoms with Crippen LogP contribution in [0, 0.1) is 0 Å². The third-order valence-electron chi connectivity index (χ3n) is 7.66. The van der Waals surface area contributed by atoms with Crippen LogP contribution in [-0.4, -0.2) is 18.3 Å². The lowest BCUT2D eigenvalue weighted by Crippen LogP contribution is -2.41. The van der Waals surface area contributed by atoms with Gasteiger partial charge in [-0.15, -0.1) is 0 Å². The summed E-state index contributed by atoms with van der Waals surface area (Å²) in [6.07, 6.45) is 9.72.